The third-order valence-corrected chi connectivity index (χ3v) is 3.99. The molecular formula is C20H22N4. The van der Waals surface area contributed by atoms with Crippen molar-refractivity contribution >= 4 is 17.3 Å². The third-order valence-electron chi connectivity index (χ3n) is 3.99. The Labute approximate surface area is 143 Å². The molecule has 3 aromatic rings. The molecule has 0 bridgehead atoms. The highest BCUT2D eigenvalue weighted by molar-refractivity contribution is 5.62. The third kappa shape index (κ3) is 3.90. The lowest BCUT2D eigenvalue weighted by atomic mass is 10.1. The Morgan fingerprint density at radius 3 is 2.42 bits per heavy atom. The number of para-hydroxylation sites is 1. The summed E-state index contributed by atoms with van der Waals surface area (Å²) >= 11 is 0. The molecule has 0 fully saturated rings. The van der Waals surface area contributed by atoms with Gasteiger partial charge in [-0.1, -0.05) is 55.5 Å². The Morgan fingerprint density at radius 1 is 0.917 bits per heavy atom. The molecule has 1 aromatic heterocycles. The van der Waals surface area contributed by atoms with E-state index in [0.29, 0.717) is 0 Å². The van der Waals surface area contributed by atoms with Gasteiger partial charge in [-0.2, -0.15) is 0 Å². The molecule has 0 saturated heterocycles. The van der Waals surface area contributed by atoms with Crippen molar-refractivity contribution in [1.29, 1.82) is 0 Å². The first-order valence-corrected chi connectivity index (χ1v) is 8.24. The number of hydrogen-bond acceptors (Lipinski definition) is 4. The quantitative estimate of drug-likeness (QED) is 0.675. The van der Waals surface area contributed by atoms with Gasteiger partial charge >= 0.3 is 0 Å². The topological polar surface area (TPSA) is 49.8 Å². The zero-order valence-electron chi connectivity index (χ0n) is 14.0. The van der Waals surface area contributed by atoms with E-state index in [1.807, 2.05) is 30.3 Å². The SMILES string of the molecule is CCc1ccccc1Nc1cc(NC(C)c2ccccc2)ncn1. The van der Waals surface area contributed by atoms with Crippen molar-refractivity contribution in [1.82, 2.24) is 9.97 Å². The van der Waals surface area contributed by atoms with Crippen LogP contribution in [0.3, 0.4) is 0 Å². The van der Waals surface area contributed by atoms with Gasteiger partial charge in [0.25, 0.3) is 0 Å². The highest BCUT2D eigenvalue weighted by Gasteiger charge is 2.07. The number of hydrogen-bond donors (Lipinski definition) is 2. The Morgan fingerprint density at radius 2 is 1.62 bits per heavy atom. The summed E-state index contributed by atoms with van der Waals surface area (Å²) in [6.45, 7) is 4.27. The van der Waals surface area contributed by atoms with Crippen molar-refractivity contribution in [3.05, 3.63) is 78.1 Å². The molecule has 2 aromatic carbocycles. The maximum atomic E-state index is 4.33. The molecule has 3 rings (SSSR count). The van der Waals surface area contributed by atoms with Crippen LogP contribution in [-0.4, -0.2) is 9.97 Å². The van der Waals surface area contributed by atoms with Gasteiger partial charge in [0, 0.05) is 17.8 Å². The van der Waals surface area contributed by atoms with Gasteiger partial charge in [-0.15, -0.1) is 0 Å². The monoisotopic (exact) mass is 318 g/mol. The molecule has 4 heteroatoms. The summed E-state index contributed by atoms with van der Waals surface area (Å²) in [7, 11) is 0. The van der Waals surface area contributed by atoms with Gasteiger partial charge in [0.1, 0.15) is 18.0 Å². The van der Waals surface area contributed by atoms with Crippen LogP contribution < -0.4 is 10.6 Å². The van der Waals surface area contributed by atoms with E-state index >= 15 is 0 Å². The van der Waals surface area contributed by atoms with Gasteiger partial charge < -0.3 is 10.6 Å². The van der Waals surface area contributed by atoms with E-state index < -0.39 is 0 Å². The molecule has 0 amide bonds. The predicted octanol–water partition coefficient (Wildman–Crippen LogP) is 4.96. The number of aromatic nitrogens is 2. The van der Waals surface area contributed by atoms with Crippen LogP contribution in [0.15, 0.2) is 67.0 Å². The summed E-state index contributed by atoms with van der Waals surface area (Å²) in [6, 6.07) is 20.7. The van der Waals surface area contributed by atoms with Crippen LogP contribution in [0.2, 0.25) is 0 Å². The molecule has 122 valence electrons. The van der Waals surface area contributed by atoms with Crippen LogP contribution in [0.25, 0.3) is 0 Å². The molecule has 1 heterocycles. The van der Waals surface area contributed by atoms with E-state index in [-0.39, 0.29) is 6.04 Å². The summed E-state index contributed by atoms with van der Waals surface area (Å²) in [6.07, 6.45) is 2.56. The molecule has 0 spiro atoms. The number of nitrogens with zero attached hydrogens (tertiary/aromatic N) is 2. The summed E-state index contributed by atoms with van der Waals surface area (Å²) in [4.78, 5) is 8.65. The molecule has 0 aliphatic rings. The van der Waals surface area contributed by atoms with Crippen LogP contribution in [-0.2, 0) is 6.42 Å². The first-order chi connectivity index (χ1) is 11.8. The number of rotatable bonds is 6. The van der Waals surface area contributed by atoms with Crippen LogP contribution >= 0.6 is 0 Å². The molecule has 1 unspecified atom stereocenters. The van der Waals surface area contributed by atoms with E-state index in [1.165, 1.54) is 11.1 Å². The van der Waals surface area contributed by atoms with E-state index in [9.17, 15) is 0 Å². The van der Waals surface area contributed by atoms with Crippen LogP contribution in [0.4, 0.5) is 17.3 Å². The maximum Gasteiger partial charge on any atom is 0.135 e. The first-order valence-electron chi connectivity index (χ1n) is 8.24. The summed E-state index contributed by atoms with van der Waals surface area (Å²) in [5, 5.41) is 6.81. The van der Waals surface area contributed by atoms with Crippen LogP contribution in [0, 0.1) is 0 Å². The number of aryl methyl sites for hydroxylation is 1. The highest BCUT2D eigenvalue weighted by Crippen LogP contribution is 2.22. The number of benzene rings is 2. The zero-order chi connectivity index (χ0) is 16.8. The zero-order valence-corrected chi connectivity index (χ0v) is 14.0. The smallest absolute Gasteiger partial charge is 0.135 e. The van der Waals surface area contributed by atoms with Crippen molar-refractivity contribution in [3.63, 3.8) is 0 Å². The Bertz CT molecular complexity index is 786. The second-order valence-corrected chi connectivity index (χ2v) is 5.70. The van der Waals surface area contributed by atoms with Gasteiger partial charge in [0.2, 0.25) is 0 Å². The molecule has 4 nitrogen and oxygen atoms in total. The van der Waals surface area contributed by atoms with E-state index in [1.54, 1.807) is 6.33 Å². The Hall–Kier alpha value is -2.88. The first kappa shape index (κ1) is 16.0. The molecule has 0 aliphatic carbocycles. The molecule has 1 atom stereocenters. The van der Waals surface area contributed by atoms with Crippen LogP contribution in [0.5, 0.6) is 0 Å². The molecular weight excluding hydrogens is 296 g/mol. The van der Waals surface area contributed by atoms with E-state index in [0.717, 1.165) is 23.7 Å². The van der Waals surface area contributed by atoms with Gasteiger partial charge in [-0.05, 0) is 30.5 Å². The van der Waals surface area contributed by atoms with Crippen molar-refractivity contribution in [2.75, 3.05) is 10.6 Å². The maximum absolute atomic E-state index is 4.33. The second kappa shape index (κ2) is 7.59. The lowest BCUT2D eigenvalue weighted by Crippen LogP contribution is -2.08. The standard InChI is InChI=1S/C20H22N4/c1-3-16-9-7-8-12-18(16)24-20-13-19(21-14-22-20)23-15(2)17-10-5-4-6-11-17/h4-15H,3H2,1-2H3,(H2,21,22,23,24). The molecule has 0 radical (unpaired) electrons. The minimum atomic E-state index is 0.178. The van der Waals surface area contributed by atoms with Crippen molar-refractivity contribution < 1.29 is 0 Å². The fourth-order valence-corrected chi connectivity index (χ4v) is 2.64. The molecule has 24 heavy (non-hydrogen) atoms. The normalized spacial score (nSPS) is 11.8. The van der Waals surface area contributed by atoms with Crippen molar-refractivity contribution in [2.45, 2.75) is 26.3 Å². The fraction of sp³-hybridized carbons (Fsp3) is 0.200. The Kier molecular flexibility index (Phi) is 5.06. The summed E-state index contributed by atoms with van der Waals surface area (Å²) in [5.41, 5.74) is 3.57. The van der Waals surface area contributed by atoms with Gasteiger partial charge in [-0.3, -0.25) is 0 Å². The molecule has 0 saturated carbocycles. The van der Waals surface area contributed by atoms with Gasteiger partial charge in [0.05, 0.1) is 0 Å². The van der Waals surface area contributed by atoms with Gasteiger partial charge in [-0.25, -0.2) is 9.97 Å². The van der Waals surface area contributed by atoms with Crippen molar-refractivity contribution in [3.8, 4) is 0 Å². The van der Waals surface area contributed by atoms with E-state index in [2.05, 4.69) is 64.8 Å². The molecule has 0 aliphatic heterocycles. The predicted molar refractivity (Wildman–Crippen MR) is 99.6 cm³/mol. The second-order valence-electron chi connectivity index (χ2n) is 5.70. The number of anilines is 3. The summed E-state index contributed by atoms with van der Waals surface area (Å²) in [5.74, 6) is 1.59. The average molecular weight is 318 g/mol. The number of nitrogens with one attached hydrogen (secondary N) is 2. The van der Waals surface area contributed by atoms with E-state index in [4.69, 9.17) is 0 Å². The highest BCUT2D eigenvalue weighted by atomic mass is 15.1. The fourth-order valence-electron chi connectivity index (χ4n) is 2.64. The van der Waals surface area contributed by atoms with Crippen LogP contribution in [0.1, 0.15) is 31.0 Å². The summed E-state index contributed by atoms with van der Waals surface area (Å²) < 4.78 is 0. The largest absolute Gasteiger partial charge is 0.363 e. The minimum Gasteiger partial charge on any atom is -0.363 e. The molecule has 2 N–H and O–H groups in total. The minimum absolute atomic E-state index is 0.178. The van der Waals surface area contributed by atoms with Gasteiger partial charge in [0.15, 0.2) is 0 Å². The lowest BCUT2D eigenvalue weighted by molar-refractivity contribution is 0.872. The lowest BCUT2D eigenvalue weighted by Gasteiger charge is -2.16. The Balaban J connectivity index is 1.74. The van der Waals surface area contributed by atoms with Crippen molar-refractivity contribution in [2.24, 2.45) is 0 Å². The average Bonchev–Trinajstić information content (AvgIpc) is 2.63.